The van der Waals surface area contributed by atoms with Gasteiger partial charge in [-0.25, -0.2) is 18.5 Å². The number of hydrogen-bond donors (Lipinski definition) is 1. The zero-order valence-electron chi connectivity index (χ0n) is 21.6. The van der Waals surface area contributed by atoms with Crippen LogP contribution < -0.4 is 19.5 Å². The number of imide groups is 1. The fraction of sp³-hybridized carbons (Fsp3) is 0.250. The Morgan fingerprint density at radius 3 is 2.23 bits per heavy atom. The van der Waals surface area contributed by atoms with Crippen molar-refractivity contribution in [3.8, 4) is 11.5 Å². The van der Waals surface area contributed by atoms with Gasteiger partial charge in [-0.05, 0) is 53.9 Å². The summed E-state index contributed by atoms with van der Waals surface area (Å²) in [4.78, 5) is 42.3. The second-order valence-electron chi connectivity index (χ2n) is 9.02. The Balaban J connectivity index is 1.60. The predicted molar refractivity (Wildman–Crippen MR) is 144 cm³/mol. The summed E-state index contributed by atoms with van der Waals surface area (Å²) in [5.41, 5.74) is 1.85. The van der Waals surface area contributed by atoms with E-state index in [4.69, 9.17) is 14.6 Å². The Morgan fingerprint density at radius 1 is 0.949 bits per heavy atom. The number of methoxy groups -OCH3 is 2. The minimum atomic E-state index is -3.94. The first-order valence-electron chi connectivity index (χ1n) is 12.2. The summed E-state index contributed by atoms with van der Waals surface area (Å²) in [5.74, 6) is -0.231. The van der Waals surface area contributed by atoms with E-state index < -0.39 is 27.9 Å². The minimum absolute atomic E-state index is 0.0633. The Kier molecular flexibility index (Phi) is 8.32. The van der Waals surface area contributed by atoms with Gasteiger partial charge < -0.3 is 14.4 Å². The molecule has 0 radical (unpaired) electrons. The summed E-state index contributed by atoms with van der Waals surface area (Å²) in [7, 11) is -0.865. The molecule has 1 aliphatic heterocycles. The van der Waals surface area contributed by atoms with Gasteiger partial charge in [-0.1, -0.05) is 36.4 Å². The maximum absolute atomic E-state index is 13.5. The van der Waals surface area contributed by atoms with Crippen LogP contribution in [0.15, 0.2) is 77.7 Å². The Bertz CT molecular complexity index is 1470. The summed E-state index contributed by atoms with van der Waals surface area (Å²) >= 11 is 0. The molecule has 3 aromatic rings. The van der Waals surface area contributed by atoms with Crippen LogP contribution in [0, 0.1) is 0 Å². The fourth-order valence-corrected chi connectivity index (χ4v) is 5.04. The number of carbonyl (C=O) groups excluding carboxylic acids is 3. The van der Waals surface area contributed by atoms with Crippen LogP contribution in [-0.4, -0.2) is 57.8 Å². The normalized spacial score (nSPS) is 15.4. The van der Waals surface area contributed by atoms with Crippen LogP contribution in [0.25, 0.3) is 0 Å². The van der Waals surface area contributed by atoms with E-state index in [1.165, 1.54) is 36.3 Å². The highest BCUT2D eigenvalue weighted by Gasteiger charge is 2.44. The second kappa shape index (κ2) is 11.7. The SMILES string of the molecule is COc1ccc(CCN(C(=O)Cc2ccccc2)C2CC(=O)N(c3ccc(S(N)(=O)=O)cc3)C2=O)cc1OC. The fourth-order valence-electron chi connectivity index (χ4n) is 4.53. The smallest absolute Gasteiger partial charge is 0.257 e. The van der Waals surface area contributed by atoms with E-state index in [0.717, 1.165) is 16.0 Å². The average Bonchev–Trinajstić information content (AvgIpc) is 3.21. The van der Waals surface area contributed by atoms with Gasteiger partial charge in [0.15, 0.2) is 11.5 Å². The molecule has 10 nitrogen and oxygen atoms in total. The topological polar surface area (TPSA) is 136 Å². The van der Waals surface area contributed by atoms with Crippen LogP contribution in [-0.2, 0) is 37.2 Å². The van der Waals surface area contributed by atoms with Crippen molar-refractivity contribution in [2.75, 3.05) is 25.7 Å². The number of benzene rings is 3. The maximum atomic E-state index is 13.5. The predicted octanol–water partition coefficient (Wildman–Crippen LogP) is 2.30. The Morgan fingerprint density at radius 2 is 1.62 bits per heavy atom. The van der Waals surface area contributed by atoms with Crippen molar-refractivity contribution < 1.29 is 32.3 Å². The molecule has 0 aromatic heterocycles. The third-order valence-corrected chi connectivity index (χ3v) is 7.46. The number of rotatable bonds is 10. The average molecular weight is 552 g/mol. The molecule has 1 unspecified atom stereocenters. The van der Waals surface area contributed by atoms with Crippen LogP contribution >= 0.6 is 0 Å². The van der Waals surface area contributed by atoms with Crippen LogP contribution in [0.2, 0.25) is 0 Å². The molecule has 39 heavy (non-hydrogen) atoms. The highest BCUT2D eigenvalue weighted by molar-refractivity contribution is 7.89. The van der Waals surface area contributed by atoms with E-state index in [2.05, 4.69) is 0 Å². The second-order valence-corrected chi connectivity index (χ2v) is 10.6. The van der Waals surface area contributed by atoms with E-state index in [9.17, 15) is 22.8 Å². The molecule has 1 saturated heterocycles. The molecule has 1 heterocycles. The molecule has 1 fully saturated rings. The van der Waals surface area contributed by atoms with Crippen LogP contribution in [0.5, 0.6) is 11.5 Å². The monoisotopic (exact) mass is 551 g/mol. The summed E-state index contributed by atoms with van der Waals surface area (Å²) in [6.07, 6.45) is 0.276. The standard InChI is InChI=1S/C28H29N3O7S/c1-37-24-13-8-20(16-25(24)38-2)14-15-30(26(32)17-19-6-4-3-5-7-19)23-18-27(33)31(28(23)34)21-9-11-22(12-10-21)39(29,35)36/h3-13,16,23H,14-15,17-18H2,1-2H3,(H2,29,35,36). The lowest BCUT2D eigenvalue weighted by molar-refractivity contribution is -0.137. The van der Waals surface area contributed by atoms with Crippen molar-refractivity contribution in [1.82, 2.24) is 4.90 Å². The molecule has 0 spiro atoms. The molecule has 2 N–H and O–H groups in total. The number of amides is 3. The zero-order valence-corrected chi connectivity index (χ0v) is 22.4. The maximum Gasteiger partial charge on any atom is 0.257 e. The van der Waals surface area contributed by atoms with Crippen molar-refractivity contribution in [3.05, 3.63) is 83.9 Å². The number of hydrogen-bond acceptors (Lipinski definition) is 7. The zero-order chi connectivity index (χ0) is 28.2. The molecular weight excluding hydrogens is 522 g/mol. The van der Waals surface area contributed by atoms with Gasteiger partial charge in [-0.15, -0.1) is 0 Å². The van der Waals surface area contributed by atoms with E-state index in [0.29, 0.717) is 17.9 Å². The number of ether oxygens (including phenoxy) is 2. The number of nitrogens with zero attached hydrogens (tertiary/aromatic N) is 2. The molecule has 3 amide bonds. The molecule has 204 valence electrons. The van der Waals surface area contributed by atoms with Crippen LogP contribution in [0.4, 0.5) is 5.69 Å². The minimum Gasteiger partial charge on any atom is -0.493 e. The lowest BCUT2D eigenvalue weighted by Gasteiger charge is -2.28. The van der Waals surface area contributed by atoms with E-state index >= 15 is 0 Å². The number of primary sulfonamides is 1. The molecule has 0 saturated carbocycles. The molecule has 0 aliphatic carbocycles. The van der Waals surface area contributed by atoms with Crippen LogP contribution in [0.3, 0.4) is 0 Å². The van der Waals surface area contributed by atoms with Gasteiger partial charge >= 0.3 is 0 Å². The summed E-state index contributed by atoms with van der Waals surface area (Å²) < 4.78 is 33.9. The van der Waals surface area contributed by atoms with E-state index in [1.54, 1.807) is 19.2 Å². The van der Waals surface area contributed by atoms with Gasteiger partial charge in [0.1, 0.15) is 6.04 Å². The first-order chi connectivity index (χ1) is 18.6. The summed E-state index contributed by atoms with van der Waals surface area (Å²) in [6, 6.07) is 18.7. The van der Waals surface area contributed by atoms with Gasteiger partial charge in [-0.2, -0.15) is 0 Å². The Hall–Kier alpha value is -4.22. The van der Waals surface area contributed by atoms with Crippen molar-refractivity contribution in [2.45, 2.75) is 30.2 Å². The van der Waals surface area contributed by atoms with Crippen molar-refractivity contribution in [3.63, 3.8) is 0 Å². The summed E-state index contributed by atoms with van der Waals surface area (Å²) in [5, 5.41) is 5.15. The van der Waals surface area contributed by atoms with E-state index in [1.807, 2.05) is 36.4 Å². The highest BCUT2D eigenvalue weighted by Crippen LogP contribution is 2.30. The highest BCUT2D eigenvalue weighted by atomic mass is 32.2. The number of carbonyl (C=O) groups is 3. The first-order valence-corrected chi connectivity index (χ1v) is 13.7. The lowest BCUT2D eigenvalue weighted by Crippen LogP contribution is -2.47. The molecule has 0 bridgehead atoms. The van der Waals surface area contributed by atoms with Gasteiger partial charge in [0.05, 0.1) is 37.6 Å². The third kappa shape index (κ3) is 6.27. The number of nitrogens with two attached hydrogens (primary N) is 1. The molecule has 3 aromatic carbocycles. The molecular formula is C28H29N3O7S. The molecule has 1 aliphatic rings. The summed E-state index contributed by atoms with van der Waals surface area (Å²) in [6.45, 7) is 0.184. The van der Waals surface area contributed by atoms with Gasteiger partial charge in [0, 0.05) is 6.54 Å². The van der Waals surface area contributed by atoms with Gasteiger partial charge in [0.25, 0.3) is 5.91 Å². The van der Waals surface area contributed by atoms with Gasteiger partial charge in [-0.3, -0.25) is 14.4 Å². The van der Waals surface area contributed by atoms with Crippen LogP contribution in [0.1, 0.15) is 17.5 Å². The largest absolute Gasteiger partial charge is 0.493 e. The number of anilines is 1. The Labute approximate surface area is 227 Å². The molecule has 11 heteroatoms. The number of sulfonamides is 1. The van der Waals surface area contributed by atoms with Gasteiger partial charge in [0.2, 0.25) is 21.8 Å². The van der Waals surface area contributed by atoms with Crippen molar-refractivity contribution >= 4 is 33.4 Å². The van der Waals surface area contributed by atoms with Crippen molar-refractivity contribution in [2.24, 2.45) is 5.14 Å². The molecule has 4 rings (SSSR count). The van der Waals surface area contributed by atoms with E-state index in [-0.39, 0.29) is 35.9 Å². The molecule has 1 atom stereocenters. The quantitative estimate of drug-likeness (QED) is 0.382. The van der Waals surface area contributed by atoms with Crippen molar-refractivity contribution in [1.29, 1.82) is 0 Å². The lowest BCUT2D eigenvalue weighted by atomic mass is 10.1. The third-order valence-electron chi connectivity index (χ3n) is 6.53. The first kappa shape index (κ1) is 27.8.